The number of nitrogens with one attached hydrogen (secondary N) is 2. The lowest BCUT2D eigenvalue weighted by molar-refractivity contribution is -0.155. The number of ether oxygens (including phenoxy) is 1. The van der Waals surface area contributed by atoms with Crippen molar-refractivity contribution in [2.45, 2.75) is 129 Å². The maximum absolute atomic E-state index is 14.4. The number of hydrogen-bond acceptors (Lipinski definition) is 6. The number of nitrogens with zero attached hydrogens (tertiary/aromatic N) is 1. The van der Waals surface area contributed by atoms with Crippen molar-refractivity contribution in [3.63, 3.8) is 0 Å². The maximum atomic E-state index is 14.4. The van der Waals surface area contributed by atoms with E-state index in [9.17, 15) is 22.8 Å². The monoisotopic (exact) mass is 609 g/mol. The molecule has 240 valence electrons. The summed E-state index contributed by atoms with van der Waals surface area (Å²) in [7, 11) is -2.20. The lowest BCUT2D eigenvalue weighted by atomic mass is 9.68. The molecule has 10 heteroatoms. The standard InChI is InChI=1S/C32H55N3O6S/c1-20-14-13-15-21(2)32(20,19-42(39,40)29(3,4)5)34-28(38)33-25(31(8)16-11-10-12-17-31)26(36)35-18-22-23(30(22,6)7)24(35)27(37)41-9/h20-25H,10-19H2,1-9H3,(H2,33,34,38)/t20-,21+,22-,23-,24-,25+,32+/m0/s1. The van der Waals surface area contributed by atoms with E-state index in [-0.39, 0.29) is 40.7 Å². The first-order chi connectivity index (χ1) is 19.3. The number of piperidine rings is 1. The number of esters is 1. The van der Waals surface area contributed by atoms with E-state index < -0.39 is 49.6 Å². The summed E-state index contributed by atoms with van der Waals surface area (Å²) in [6.45, 7) is 15.9. The van der Waals surface area contributed by atoms with E-state index in [2.05, 4.69) is 31.4 Å². The number of urea groups is 1. The summed E-state index contributed by atoms with van der Waals surface area (Å²) in [5.41, 5.74) is -1.48. The van der Waals surface area contributed by atoms with E-state index in [4.69, 9.17) is 4.74 Å². The number of rotatable bonds is 7. The van der Waals surface area contributed by atoms with Crippen molar-refractivity contribution in [3.05, 3.63) is 0 Å². The second kappa shape index (κ2) is 11.3. The van der Waals surface area contributed by atoms with Gasteiger partial charge in [0, 0.05) is 12.5 Å². The van der Waals surface area contributed by atoms with Gasteiger partial charge in [0.2, 0.25) is 5.91 Å². The first-order valence-corrected chi connectivity index (χ1v) is 17.7. The molecule has 4 fully saturated rings. The van der Waals surface area contributed by atoms with Crippen LogP contribution in [0.1, 0.15) is 107 Å². The molecule has 3 saturated carbocycles. The minimum atomic E-state index is -3.56. The molecule has 1 saturated heterocycles. The molecule has 3 aliphatic carbocycles. The van der Waals surface area contributed by atoms with Crippen LogP contribution in [0.15, 0.2) is 0 Å². The predicted molar refractivity (Wildman–Crippen MR) is 163 cm³/mol. The van der Waals surface area contributed by atoms with E-state index >= 15 is 0 Å². The topological polar surface area (TPSA) is 122 Å². The van der Waals surface area contributed by atoms with Crippen LogP contribution in [0.2, 0.25) is 0 Å². The molecule has 0 aromatic rings. The zero-order valence-corrected chi connectivity index (χ0v) is 28.2. The summed E-state index contributed by atoms with van der Waals surface area (Å²) < 4.78 is 31.3. The van der Waals surface area contributed by atoms with Crippen molar-refractivity contribution in [1.29, 1.82) is 0 Å². The molecule has 0 radical (unpaired) electrons. The quantitative estimate of drug-likeness (QED) is 0.404. The van der Waals surface area contributed by atoms with Crippen molar-refractivity contribution in [1.82, 2.24) is 15.5 Å². The molecule has 0 spiro atoms. The molecule has 3 amide bonds. The number of fused-ring (bicyclic) bond motifs is 1. The molecule has 4 aliphatic rings. The number of sulfone groups is 1. The molecule has 0 unspecified atom stereocenters. The lowest BCUT2D eigenvalue weighted by Gasteiger charge is -2.49. The largest absolute Gasteiger partial charge is 0.467 e. The third kappa shape index (κ3) is 5.70. The van der Waals surface area contributed by atoms with E-state index in [1.807, 2.05) is 13.8 Å². The summed E-state index contributed by atoms with van der Waals surface area (Å²) in [6, 6.07) is -2.01. The van der Waals surface area contributed by atoms with Gasteiger partial charge in [-0.1, -0.05) is 60.3 Å². The molecule has 0 aromatic heterocycles. The van der Waals surface area contributed by atoms with Crippen LogP contribution in [0.5, 0.6) is 0 Å². The third-order valence-electron chi connectivity index (χ3n) is 11.9. The molecule has 4 rings (SSSR count). The van der Waals surface area contributed by atoms with Gasteiger partial charge in [-0.25, -0.2) is 18.0 Å². The van der Waals surface area contributed by atoms with Crippen LogP contribution in [0.25, 0.3) is 0 Å². The first kappa shape index (κ1) is 33.1. The molecular formula is C32H55N3O6S. The zero-order valence-electron chi connectivity index (χ0n) is 27.3. The lowest BCUT2D eigenvalue weighted by Crippen LogP contribution is -2.68. The molecule has 2 N–H and O–H groups in total. The van der Waals surface area contributed by atoms with Crippen molar-refractivity contribution < 1.29 is 27.5 Å². The van der Waals surface area contributed by atoms with Crippen LogP contribution in [-0.2, 0) is 24.2 Å². The van der Waals surface area contributed by atoms with Gasteiger partial charge in [0.15, 0.2) is 9.84 Å². The van der Waals surface area contributed by atoms with E-state index in [0.29, 0.717) is 6.54 Å². The number of carbonyl (C=O) groups excluding carboxylic acids is 3. The van der Waals surface area contributed by atoms with Crippen LogP contribution in [0, 0.1) is 34.5 Å². The van der Waals surface area contributed by atoms with Gasteiger partial charge in [-0.05, 0) is 75.0 Å². The fourth-order valence-electron chi connectivity index (χ4n) is 8.46. The Bertz CT molecular complexity index is 1160. The van der Waals surface area contributed by atoms with Gasteiger partial charge in [0.1, 0.15) is 12.1 Å². The third-order valence-corrected chi connectivity index (χ3v) is 14.6. The normalized spacial score (nSPS) is 34.6. The fraction of sp³-hybridized carbons (Fsp3) is 0.906. The summed E-state index contributed by atoms with van der Waals surface area (Å²) in [4.78, 5) is 43.1. The van der Waals surface area contributed by atoms with Gasteiger partial charge in [-0.3, -0.25) is 4.79 Å². The Morgan fingerprint density at radius 2 is 1.55 bits per heavy atom. The fourth-order valence-corrected chi connectivity index (χ4v) is 10.2. The maximum Gasteiger partial charge on any atom is 0.328 e. The Morgan fingerprint density at radius 3 is 2.07 bits per heavy atom. The summed E-state index contributed by atoms with van der Waals surface area (Å²) >= 11 is 0. The number of hydrogen-bond donors (Lipinski definition) is 2. The highest BCUT2D eigenvalue weighted by Crippen LogP contribution is 2.65. The van der Waals surface area contributed by atoms with Gasteiger partial charge >= 0.3 is 12.0 Å². The SMILES string of the molecule is COC(=O)[C@@H]1[C@@H]2[C@H](CN1C(=O)[C@@H](NC(=O)N[C@@]1(CS(=O)(=O)C(C)(C)C)[C@H](C)CCC[C@@H]1C)C1(C)CCCCC1)C2(C)C. The van der Waals surface area contributed by atoms with E-state index in [1.165, 1.54) is 7.11 Å². The first-order valence-electron chi connectivity index (χ1n) is 16.0. The van der Waals surface area contributed by atoms with Gasteiger partial charge < -0.3 is 20.3 Å². The van der Waals surface area contributed by atoms with Crippen LogP contribution >= 0.6 is 0 Å². The van der Waals surface area contributed by atoms with E-state index in [0.717, 1.165) is 51.4 Å². The number of amides is 3. The van der Waals surface area contributed by atoms with Crippen molar-refractivity contribution >= 4 is 27.7 Å². The highest BCUT2D eigenvalue weighted by molar-refractivity contribution is 7.92. The summed E-state index contributed by atoms with van der Waals surface area (Å²) in [5, 5.41) is 6.26. The van der Waals surface area contributed by atoms with Gasteiger partial charge in [-0.15, -0.1) is 0 Å². The Labute approximate surface area is 253 Å². The van der Waals surface area contributed by atoms with E-state index in [1.54, 1.807) is 25.7 Å². The molecule has 7 atom stereocenters. The Morgan fingerprint density at radius 1 is 0.976 bits per heavy atom. The average molecular weight is 610 g/mol. The minimum absolute atomic E-state index is 0.0388. The minimum Gasteiger partial charge on any atom is -0.467 e. The van der Waals surface area contributed by atoms with Crippen molar-refractivity contribution in [2.24, 2.45) is 34.5 Å². The van der Waals surface area contributed by atoms with Gasteiger partial charge in [0.05, 0.1) is 23.1 Å². The Hall–Kier alpha value is -1.84. The average Bonchev–Trinajstić information content (AvgIpc) is 3.21. The highest BCUT2D eigenvalue weighted by Gasteiger charge is 2.70. The van der Waals surface area contributed by atoms with Crippen molar-refractivity contribution in [2.75, 3.05) is 19.4 Å². The van der Waals surface area contributed by atoms with Crippen LogP contribution in [-0.4, -0.2) is 73.0 Å². The van der Waals surface area contributed by atoms with Crippen LogP contribution < -0.4 is 10.6 Å². The number of likely N-dealkylation sites (tertiary alicyclic amines) is 1. The number of methoxy groups -OCH3 is 1. The Balaban J connectivity index is 1.65. The second-order valence-electron chi connectivity index (χ2n) is 15.8. The predicted octanol–water partition coefficient (Wildman–Crippen LogP) is 4.69. The van der Waals surface area contributed by atoms with Gasteiger partial charge in [-0.2, -0.15) is 0 Å². The second-order valence-corrected chi connectivity index (χ2v) is 18.5. The molecule has 42 heavy (non-hydrogen) atoms. The molecule has 1 aliphatic heterocycles. The number of carbonyl (C=O) groups is 3. The van der Waals surface area contributed by atoms with Crippen LogP contribution in [0.3, 0.4) is 0 Å². The molecule has 1 heterocycles. The molecular weight excluding hydrogens is 554 g/mol. The zero-order chi connectivity index (χ0) is 31.5. The molecule has 0 bridgehead atoms. The highest BCUT2D eigenvalue weighted by atomic mass is 32.2. The summed E-state index contributed by atoms with van der Waals surface area (Å²) in [6.07, 6.45) is 7.19. The van der Waals surface area contributed by atoms with Gasteiger partial charge in [0.25, 0.3) is 0 Å². The molecule has 0 aromatic carbocycles. The molecule has 9 nitrogen and oxygen atoms in total. The van der Waals surface area contributed by atoms with Crippen molar-refractivity contribution in [3.8, 4) is 0 Å². The Kier molecular flexibility index (Phi) is 8.86. The summed E-state index contributed by atoms with van der Waals surface area (Å²) in [5.74, 6) is -0.653. The smallest absolute Gasteiger partial charge is 0.328 e. The van der Waals surface area contributed by atoms with Crippen LogP contribution in [0.4, 0.5) is 4.79 Å².